The van der Waals surface area contributed by atoms with Gasteiger partial charge in [0.25, 0.3) is 0 Å². The van der Waals surface area contributed by atoms with Gasteiger partial charge in [-0.3, -0.25) is 4.90 Å². The standard InChI is InChI=1S/C11H12N2O2/c1-3-15-11(14)13(2)10-7-5-4-6-9(10)8-12/h4-7H,3H2,1-2H3. The van der Waals surface area contributed by atoms with Gasteiger partial charge in [0, 0.05) is 7.05 Å². The van der Waals surface area contributed by atoms with Gasteiger partial charge in [-0.2, -0.15) is 5.26 Å². The van der Waals surface area contributed by atoms with Crippen LogP contribution in [0.5, 0.6) is 0 Å². The molecule has 0 saturated carbocycles. The van der Waals surface area contributed by atoms with Gasteiger partial charge in [-0.15, -0.1) is 0 Å². The van der Waals surface area contributed by atoms with Crippen molar-refractivity contribution in [3.63, 3.8) is 0 Å². The van der Waals surface area contributed by atoms with Crippen molar-refractivity contribution < 1.29 is 9.53 Å². The highest BCUT2D eigenvalue weighted by atomic mass is 16.6. The number of hydrogen-bond donors (Lipinski definition) is 0. The van der Waals surface area contributed by atoms with Gasteiger partial charge >= 0.3 is 6.09 Å². The fourth-order valence-electron chi connectivity index (χ4n) is 1.18. The summed E-state index contributed by atoms with van der Waals surface area (Å²) in [6.45, 7) is 2.06. The maximum absolute atomic E-state index is 11.4. The van der Waals surface area contributed by atoms with Gasteiger partial charge in [-0.1, -0.05) is 12.1 Å². The molecule has 0 aliphatic rings. The summed E-state index contributed by atoms with van der Waals surface area (Å²) in [7, 11) is 1.58. The van der Waals surface area contributed by atoms with Gasteiger partial charge in [-0.25, -0.2) is 4.79 Å². The number of amides is 1. The summed E-state index contributed by atoms with van der Waals surface area (Å²) in [4.78, 5) is 12.7. The number of para-hydroxylation sites is 1. The maximum atomic E-state index is 11.4. The molecule has 0 heterocycles. The molecule has 0 unspecified atom stereocenters. The number of anilines is 1. The molecule has 0 fully saturated rings. The number of hydrogen-bond acceptors (Lipinski definition) is 3. The highest BCUT2D eigenvalue weighted by molar-refractivity contribution is 5.88. The van der Waals surface area contributed by atoms with Crippen molar-refractivity contribution in [2.45, 2.75) is 6.92 Å². The molecule has 1 aromatic rings. The summed E-state index contributed by atoms with van der Waals surface area (Å²) in [6.07, 6.45) is -0.458. The Morgan fingerprint density at radius 1 is 1.53 bits per heavy atom. The van der Waals surface area contributed by atoms with Gasteiger partial charge in [-0.05, 0) is 19.1 Å². The number of rotatable bonds is 2. The van der Waals surface area contributed by atoms with E-state index in [1.165, 1.54) is 4.90 Å². The molecule has 0 N–H and O–H groups in total. The molecule has 0 radical (unpaired) electrons. The van der Waals surface area contributed by atoms with E-state index in [0.717, 1.165) is 0 Å². The molecule has 0 aromatic heterocycles. The molecule has 78 valence electrons. The molecule has 0 aliphatic heterocycles. The molecule has 4 heteroatoms. The Kier molecular flexibility index (Phi) is 3.69. The minimum atomic E-state index is -0.458. The van der Waals surface area contributed by atoms with Gasteiger partial charge in [0.15, 0.2) is 0 Å². The normalized spacial score (nSPS) is 9.13. The number of benzene rings is 1. The highest BCUT2D eigenvalue weighted by Crippen LogP contribution is 2.18. The fraction of sp³-hybridized carbons (Fsp3) is 0.273. The number of nitrogens with zero attached hydrogens (tertiary/aromatic N) is 2. The van der Waals surface area contributed by atoms with Crippen molar-refractivity contribution in [1.82, 2.24) is 0 Å². The summed E-state index contributed by atoms with van der Waals surface area (Å²) < 4.78 is 4.84. The first-order valence-corrected chi connectivity index (χ1v) is 4.60. The molecule has 4 nitrogen and oxygen atoms in total. The van der Waals surface area contributed by atoms with Crippen LogP contribution in [0.3, 0.4) is 0 Å². The third-order valence-corrected chi connectivity index (χ3v) is 1.93. The number of carbonyl (C=O) groups excluding carboxylic acids is 1. The van der Waals surface area contributed by atoms with Gasteiger partial charge < -0.3 is 4.74 Å². The van der Waals surface area contributed by atoms with Crippen LogP contribution >= 0.6 is 0 Å². The lowest BCUT2D eigenvalue weighted by molar-refractivity contribution is 0.161. The molecule has 1 rings (SSSR count). The average molecular weight is 204 g/mol. The number of nitriles is 1. The van der Waals surface area contributed by atoms with Crippen LogP contribution in [0.25, 0.3) is 0 Å². The summed E-state index contributed by atoms with van der Waals surface area (Å²) in [5, 5.41) is 8.85. The second-order valence-corrected chi connectivity index (χ2v) is 2.89. The molecule has 0 spiro atoms. The second-order valence-electron chi connectivity index (χ2n) is 2.89. The maximum Gasteiger partial charge on any atom is 0.414 e. The largest absolute Gasteiger partial charge is 0.449 e. The number of ether oxygens (including phenoxy) is 1. The topological polar surface area (TPSA) is 53.3 Å². The first-order chi connectivity index (χ1) is 7.20. The van der Waals surface area contributed by atoms with Crippen LogP contribution in [0.1, 0.15) is 12.5 Å². The Bertz CT molecular complexity index is 396. The van der Waals surface area contributed by atoms with E-state index < -0.39 is 6.09 Å². The van der Waals surface area contributed by atoms with E-state index in [9.17, 15) is 4.79 Å². The van der Waals surface area contributed by atoms with E-state index in [1.54, 1.807) is 38.2 Å². The van der Waals surface area contributed by atoms with Crippen LogP contribution in [-0.4, -0.2) is 19.7 Å². The summed E-state index contributed by atoms with van der Waals surface area (Å²) in [5.74, 6) is 0. The molecule has 15 heavy (non-hydrogen) atoms. The minimum absolute atomic E-state index is 0.317. The summed E-state index contributed by atoms with van der Waals surface area (Å²) in [5.41, 5.74) is 1.01. The first kappa shape index (κ1) is 11.1. The third-order valence-electron chi connectivity index (χ3n) is 1.93. The highest BCUT2D eigenvalue weighted by Gasteiger charge is 2.14. The van der Waals surface area contributed by atoms with Crippen LogP contribution in [0.15, 0.2) is 24.3 Å². The lowest BCUT2D eigenvalue weighted by Gasteiger charge is -2.17. The van der Waals surface area contributed by atoms with Gasteiger partial charge in [0.2, 0.25) is 0 Å². The zero-order valence-electron chi connectivity index (χ0n) is 8.73. The van der Waals surface area contributed by atoms with Crippen LogP contribution in [0.2, 0.25) is 0 Å². The van der Waals surface area contributed by atoms with Crippen molar-refractivity contribution in [2.75, 3.05) is 18.6 Å². The van der Waals surface area contributed by atoms with E-state index in [1.807, 2.05) is 6.07 Å². The quantitative estimate of drug-likeness (QED) is 0.741. The Labute approximate surface area is 88.7 Å². The van der Waals surface area contributed by atoms with Crippen molar-refractivity contribution >= 4 is 11.8 Å². The van der Waals surface area contributed by atoms with Gasteiger partial charge in [0.05, 0.1) is 17.9 Å². The van der Waals surface area contributed by atoms with Crippen molar-refractivity contribution in [1.29, 1.82) is 5.26 Å². The average Bonchev–Trinajstić information content (AvgIpc) is 2.28. The Hall–Kier alpha value is -2.02. The van der Waals surface area contributed by atoms with Crippen LogP contribution < -0.4 is 4.90 Å². The molecule has 1 amide bonds. The Morgan fingerprint density at radius 2 is 2.20 bits per heavy atom. The van der Waals surface area contributed by atoms with E-state index >= 15 is 0 Å². The van der Waals surface area contributed by atoms with Crippen molar-refractivity contribution in [2.24, 2.45) is 0 Å². The second kappa shape index (κ2) is 5.01. The Morgan fingerprint density at radius 3 is 2.80 bits per heavy atom. The fourth-order valence-corrected chi connectivity index (χ4v) is 1.18. The molecule has 0 aliphatic carbocycles. The summed E-state index contributed by atoms with van der Waals surface area (Å²) in [6, 6.07) is 8.91. The third kappa shape index (κ3) is 2.47. The van der Waals surface area contributed by atoms with Crippen LogP contribution in [-0.2, 0) is 4.74 Å². The SMILES string of the molecule is CCOC(=O)N(C)c1ccccc1C#N. The number of carbonyl (C=O) groups is 1. The van der Waals surface area contributed by atoms with E-state index in [4.69, 9.17) is 10.00 Å². The molecule has 0 bridgehead atoms. The lowest BCUT2D eigenvalue weighted by Crippen LogP contribution is -2.27. The Balaban J connectivity index is 2.96. The predicted octanol–water partition coefficient (Wildman–Crippen LogP) is 2.15. The van der Waals surface area contributed by atoms with Crippen LogP contribution in [0.4, 0.5) is 10.5 Å². The van der Waals surface area contributed by atoms with E-state index in [-0.39, 0.29) is 0 Å². The zero-order chi connectivity index (χ0) is 11.3. The monoisotopic (exact) mass is 204 g/mol. The van der Waals surface area contributed by atoms with E-state index in [2.05, 4.69) is 0 Å². The molecule has 0 saturated heterocycles. The predicted molar refractivity (Wildman–Crippen MR) is 56.6 cm³/mol. The summed E-state index contributed by atoms with van der Waals surface area (Å²) >= 11 is 0. The molecular formula is C11H12N2O2. The van der Waals surface area contributed by atoms with Crippen molar-refractivity contribution in [3.05, 3.63) is 29.8 Å². The zero-order valence-corrected chi connectivity index (χ0v) is 8.73. The minimum Gasteiger partial charge on any atom is -0.449 e. The van der Waals surface area contributed by atoms with Crippen molar-refractivity contribution in [3.8, 4) is 6.07 Å². The smallest absolute Gasteiger partial charge is 0.414 e. The molecular weight excluding hydrogens is 192 g/mol. The molecule has 0 atom stereocenters. The van der Waals surface area contributed by atoms with E-state index in [0.29, 0.717) is 17.9 Å². The van der Waals surface area contributed by atoms with Crippen LogP contribution in [0, 0.1) is 11.3 Å². The lowest BCUT2D eigenvalue weighted by atomic mass is 10.2. The first-order valence-electron chi connectivity index (χ1n) is 4.60. The van der Waals surface area contributed by atoms with Gasteiger partial charge in [0.1, 0.15) is 6.07 Å². The molecule has 1 aromatic carbocycles.